The average Bonchev–Trinajstić information content (AvgIpc) is 3.34. The monoisotopic (exact) mass is 347 g/mol. The topological polar surface area (TPSA) is 91.8 Å². The van der Waals surface area contributed by atoms with Crippen molar-refractivity contribution in [2.75, 3.05) is 13.7 Å². The predicted molar refractivity (Wildman–Crippen MR) is 88.4 cm³/mol. The molecule has 3 aliphatic heterocycles. The molecule has 134 valence electrons. The van der Waals surface area contributed by atoms with Crippen molar-refractivity contribution in [1.82, 2.24) is 4.90 Å². The quantitative estimate of drug-likeness (QED) is 0.422. The number of hydrogen-bond acceptors (Lipinski definition) is 7. The van der Waals surface area contributed by atoms with Crippen molar-refractivity contribution in [2.24, 2.45) is 0 Å². The van der Waals surface area contributed by atoms with Gasteiger partial charge in [0.2, 0.25) is 0 Å². The summed E-state index contributed by atoms with van der Waals surface area (Å²) in [7, 11) is 0.189. The number of morpholine rings is 1. The van der Waals surface area contributed by atoms with Gasteiger partial charge in [0.05, 0.1) is 6.61 Å². The molecule has 0 amide bonds. The third-order valence-corrected chi connectivity index (χ3v) is 5.56. The normalized spacial score (nSPS) is 34.3. The van der Waals surface area contributed by atoms with Crippen LogP contribution in [-0.2, 0) is 18.9 Å². The first-order valence-corrected chi connectivity index (χ1v) is 8.65. The lowest BCUT2D eigenvalue weighted by Gasteiger charge is -2.38. The Morgan fingerprint density at radius 1 is 1.28 bits per heavy atom. The number of carbonyl (C=O) groups excluding carboxylic acids is 1. The fraction of sp³-hybridized carbons (Fsp3) is 0.588. The van der Waals surface area contributed by atoms with Gasteiger partial charge in [-0.3, -0.25) is 9.69 Å². The number of ether oxygens (including phenoxy) is 2. The Kier molecular flexibility index (Phi) is 4.55. The van der Waals surface area contributed by atoms with E-state index in [4.69, 9.17) is 24.2 Å². The van der Waals surface area contributed by atoms with Gasteiger partial charge in [0, 0.05) is 24.9 Å². The largest absolute Gasteiger partial charge is 0.633 e. The SMILES string of the molecule is CN1C2CC(OC(=O)C(COB(O)O)c3ccccc3)CC1C1OC12. The molecular formula is C17H22BNO6. The van der Waals surface area contributed by atoms with Gasteiger partial charge in [0.25, 0.3) is 0 Å². The summed E-state index contributed by atoms with van der Waals surface area (Å²) in [5.41, 5.74) is 0.732. The maximum absolute atomic E-state index is 12.7. The molecule has 0 saturated carbocycles. The van der Waals surface area contributed by atoms with E-state index in [1.807, 2.05) is 18.2 Å². The van der Waals surface area contributed by atoms with Crippen LogP contribution in [0.1, 0.15) is 24.3 Å². The maximum Gasteiger partial charge on any atom is 0.633 e. The third-order valence-electron chi connectivity index (χ3n) is 5.56. The number of nitrogens with zero attached hydrogens (tertiary/aromatic N) is 1. The zero-order valence-electron chi connectivity index (χ0n) is 14.0. The lowest BCUT2D eigenvalue weighted by atomic mass is 9.97. The number of likely N-dealkylation sites (N-methyl/N-ethyl adjacent to an activating group) is 1. The van der Waals surface area contributed by atoms with Gasteiger partial charge < -0.3 is 24.2 Å². The molecule has 25 heavy (non-hydrogen) atoms. The first-order chi connectivity index (χ1) is 12.0. The van der Waals surface area contributed by atoms with E-state index in [-0.39, 0.29) is 24.9 Å². The second kappa shape index (κ2) is 6.70. The minimum Gasteiger partial charge on any atom is -0.462 e. The summed E-state index contributed by atoms with van der Waals surface area (Å²) in [5, 5.41) is 17.9. The van der Waals surface area contributed by atoms with E-state index in [1.165, 1.54) is 0 Å². The Balaban J connectivity index is 1.42. The smallest absolute Gasteiger partial charge is 0.462 e. The number of epoxide rings is 1. The first-order valence-electron chi connectivity index (χ1n) is 8.65. The van der Waals surface area contributed by atoms with Gasteiger partial charge in [0.1, 0.15) is 24.2 Å². The van der Waals surface area contributed by atoms with Crippen LogP contribution in [0.3, 0.4) is 0 Å². The van der Waals surface area contributed by atoms with Crippen LogP contribution in [0.15, 0.2) is 30.3 Å². The van der Waals surface area contributed by atoms with Crippen LogP contribution in [-0.4, -0.2) is 72.3 Å². The fourth-order valence-electron chi connectivity index (χ4n) is 4.21. The highest BCUT2D eigenvalue weighted by Crippen LogP contribution is 2.48. The second-order valence-electron chi connectivity index (χ2n) is 7.02. The van der Waals surface area contributed by atoms with Crippen LogP contribution in [0, 0.1) is 0 Å². The summed E-state index contributed by atoms with van der Waals surface area (Å²) >= 11 is 0. The molecule has 0 aliphatic carbocycles. The number of fused-ring (bicyclic) bond motifs is 5. The summed E-state index contributed by atoms with van der Waals surface area (Å²) in [5.74, 6) is -1.08. The molecule has 0 spiro atoms. The van der Waals surface area contributed by atoms with Crippen LogP contribution < -0.4 is 0 Å². The van der Waals surface area contributed by atoms with Gasteiger partial charge in [-0.1, -0.05) is 30.3 Å². The summed E-state index contributed by atoms with van der Waals surface area (Å²) in [6, 6.07) is 9.74. The standard InChI is InChI=1S/C17H22BNO6/c1-19-13-7-11(8-14(19)16-15(13)25-16)24-17(20)12(9-23-18(21)22)10-5-3-2-4-6-10/h2-6,11-16,21-22H,7-9H2,1H3. The Labute approximate surface area is 146 Å². The molecule has 3 aliphatic rings. The number of rotatable bonds is 6. The van der Waals surface area contributed by atoms with E-state index >= 15 is 0 Å². The number of piperidine rings is 1. The lowest BCUT2D eigenvalue weighted by Crippen LogP contribution is -2.48. The van der Waals surface area contributed by atoms with Gasteiger partial charge in [-0.25, -0.2) is 0 Å². The molecular weight excluding hydrogens is 325 g/mol. The number of hydrogen-bond donors (Lipinski definition) is 2. The van der Waals surface area contributed by atoms with E-state index in [2.05, 4.69) is 11.9 Å². The van der Waals surface area contributed by atoms with E-state index < -0.39 is 19.2 Å². The van der Waals surface area contributed by atoms with E-state index in [1.54, 1.807) is 12.1 Å². The lowest BCUT2D eigenvalue weighted by molar-refractivity contribution is -0.156. The summed E-state index contributed by atoms with van der Waals surface area (Å²) in [6.07, 6.45) is 1.98. The first kappa shape index (κ1) is 17.0. The van der Waals surface area contributed by atoms with Crippen molar-refractivity contribution in [1.29, 1.82) is 0 Å². The molecule has 0 aromatic heterocycles. The molecule has 1 aromatic carbocycles. The fourth-order valence-corrected chi connectivity index (χ4v) is 4.21. The van der Waals surface area contributed by atoms with Crippen LogP contribution in [0.25, 0.3) is 0 Å². The van der Waals surface area contributed by atoms with Crippen molar-refractivity contribution in [3.05, 3.63) is 35.9 Å². The molecule has 2 N–H and O–H groups in total. The molecule has 2 bridgehead atoms. The van der Waals surface area contributed by atoms with Crippen LogP contribution in [0.5, 0.6) is 0 Å². The second-order valence-corrected chi connectivity index (χ2v) is 7.02. The predicted octanol–water partition coefficient (Wildman–Crippen LogP) is -0.0881. The van der Waals surface area contributed by atoms with Crippen LogP contribution in [0.4, 0.5) is 0 Å². The number of carbonyl (C=O) groups is 1. The molecule has 5 atom stereocenters. The van der Waals surface area contributed by atoms with Crippen LogP contribution >= 0.6 is 0 Å². The van der Waals surface area contributed by atoms with Crippen LogP contribution in [0.2, 0.25) is 0 Å². The summed E-state index contributed by atoms with van der Waals surface area (Å²) in [4.78, 5) is 15.1. The van der Waals surface area contributed by atoms with Crippen molar-refractivity contribution in [2.45, 2.75) is 49.2 Å². The summed E-state index contributed by atoms with van der Waals surface area (Å²) < 4.78 is 16.3. The highest BCUT2D eigenvalue weighted by atomic mass is 16.6. The molecule has 3 fully saturated rings. The highest BCUT2D eigenvalue weighted by Gasteiger charge is 2.62. The zero-order valence-corrected chi connectivity index (χ0v) is 14.0. The molecule has 3 saturated heterocycles. The van der Waals surface area contributed by atoms with Gasteiger partial charge in [0.15, 0.2) is 0 Å². The Hall–Kier alpha value is -1.45. The zero-order chi connectivity index (χ0) is 17.6. The van der Waals surface area contributed by atoms with E-state index in [9.17, 15) is 4.79 Å². The molecule has 0 radical (unpaired) electrons. The Morgan fingerprint density at radius 3 is 2.52 bits per heavy atom. The number of benzene rings is 1. The van der Waals surface area contributed by atoms with Gasteiger partial charge in [-0.2, -0.15) is 0 Å². The molecule has 1 aromatic rings. The van der Waals surface area contributed by atoms with Gasteiger partial charge >= 0.3 is 13.3 Å². The number of esters is 1. The van der Waals surface area contributed by atoms with Gasteiger partial charge in [-0.05, 0) is 12.6 Å². The molecule has 8 heteroatoms. The van der Waals surface area contributed by atoms with E-state index in [0.29, 0.717) is 12.1 Å². The van der Waals surface area contributed by atoms with Gasteiger partial charge in [-0.15, -0.1) is 0 Å². The summed E-state index contributed by atoms with van der Waals surface area (Å²) in [6.45, 7) is -0.144. The maximum atomic E-state index is 12.7. The molecule has 4 rings (SSSR count). The third kappa shape index (κ3) is 3.32. The minimum absolute atomic E-state index is 0.139. The van der Waals surface area contributed by atoms with Crippen molar-refractivity contribution >= 4 is 13.3 Å². The van der Waals surface area contributed by atoms with E-state index in [0.717, 1.165) is 18.4 Å². The molecule has 5 unspecified atom stereocenters. The van der Waals surface area contributed by atoms with Crippen molar-refractivity contribution < 1.29 is 29.0 Å². The van der Waals surface area contributed by atoms with Crippen molar-refractivity contribution in [3.63, 3.8) is 0 Å². The highest BCUT2D eigenvalue weighted by molar-refractivity contribution is 6.32. The Bertz CT molecular complexity index is 611. The Morgan fingerprint density at radius 2 is 1.92 bits per heavy atom. The molecule has 7 nitrogen and oxygen atoms in total. The van der Waals surface area contributed by atoms with Crippen molar-refractivity contribution in [3.8, 4) is 0 Å². The molecule has 3 heterocycles. The average molecular weight is 347 g/mol. The minimum atomic E-state index is -1.91.